The largest absolute Gasteiger partial charge is 0.0883 e. The molecular formula is C17H34. The first-order valence-electron chi connectivity index (χ1n) is 7.85. The molecular weight excluding hydrogens is 204 g/mol. The van der Waals surface area contributed by atoms with Gasteiger partial charge in [0, 0.05) is 0 Å². The molecule has 17 heavy (non-hydrogen) atoms. The number of hydrogen-bond donors (Lipinski definition) is 0. The molecule has 0 aliphatic heterocycles. The van der Waals surface area contributed by atoms with Crippen LogP contribution in [0.25, 0.3) is 0 Å². The lowest BCUT2D eigenvalue weighted by Gasteiger charge is -2.09. The Balaban J connectivity index is 3.42. The summed E-state index contributed by atoms with van der Waals surface area (Å²) in [6, 6.07) is 0. The zero-order chi connectivity index (χ0) is 12.9. The highest BCUT2D eigenvalue weighted by atomic mass is 14.1. The maximum atomic E-state index is 2.41. The Morgan fingerprint density at radius 2 is 1.29 bits per heavy atom. The van der Waals surface area contributed by atoms with Gasteiger partial charge in [0.05, 0.1) is 0 Å². The monoisotopic (exact) mass is 238 g/mol. The molecule has 0 amide bonds. The summed E-state index contributed by atoms with van der Waals surface area (Å²) in [7, 11) is 0. The van der Waals surface area contributed by atoms with E-state index in [1.54, 1.807) is 0 Å². The second-order valence-electron chi connectivity index (χ2n) is 5.79. The highest BCUT2D eigenvalue weighted by molar-refractivity contribution is 4.84. The average Bonchev–Trinajstić information content (AvgIpc) is 2.31. The van der Waals surface area contributed by atoms with E-state index in [-0.39, 0.29) is 0 Å². The van der Waals surface area contributed by atoms with Crippen molar-refractivity contribution >= 4 is 0 Å². The van der Waals surface area contributed by atoms with Crippen LogP contribution in [0.4, 0.5) is 0 Å². The Morgan fingerprint density at radius 3 is 1.82 bits per heavy atom. The van der Waals surface area contributed by atoms with Gasteiger partial charge in [-0.1, -0.05) is 84.8 Å². The molecule has 0 fully saturated rings. The molecule has 0 heteroatoms. The van der Waals surface area contributed by atoms with Crippen LogP contribution < -0.4 is 0 Å². The molecule has 0 saturated carbocycles. The van der Waals surface area contributed by atoms with Crippen molar-refractivity contribution in [1.82, 2.24) is 0 Å². The molecule has 0 N–H and O–H groups in total. The summed E-state index contributed by atoms with van der Waals surface area (Å²) >= 11 is 0. The summed E-state index contributed by atoms with van der Waals surface area (Å²) < 4.78 is 0. The van der Waals surface area contributed by atoms with E-state index in [4.69, 9.17) is 0 Å². The van der Waals surface area contributed by atoms with E-state index in [1.165, 1.54) is 57.8 Å². The highest BCUT2D eigenvalue weighted by Gasteiger charge is 2.00. The summed E-state index contributed by atoms with van der Waals surface area (Å²) in [4.78, 5) is 0. The van der Waals surface area contributed by atoms with E-state index in [9.17, 15) is 0 Å². The van der Waals surface area contributed by atoms with Crippen molar-refractivity contribution in [2.24, 2.45) is 11.8 Å². The molecule has 0 spiro atoms. The lowest BCUT2D eigenvalue weighted by atomic mass is 9.98. The minimum Gasteiger partial charge on any atom is -0.0883 e. The molecule has 0 radical (unpaired) electrons. The molecule has 0 rings (SSSR count). The van der Waals surface area contributed by atoms with Crippen LogP contribution in [-0.4, -0.2) is 0 Å². The lowest BCUT2D eigenvalue weighted by Crippen LogP contribution is -1.94. The van der Waals surface area contributed by atoms with Crippen LogP contribution in [0.5, 0.6) is 0 Å². The Hall–Kier alpha value is -0.260. The van der Waals surface area contributed by atoms with Crippen LogP contribution in [-0.2, 0) is 0 Å². The van der Waals surface area contributed by atoms with E-state index in [0.29, 0.717) is 0 Å². The molecule has 0 aromatic heterocycles. The fraction of sp³-hybridized carbons (Fsp3) is 0.882. The molecule has 0 bridgehead atoms. The minimum absolute atomic E-state index is 0.871. The zero-order valence-electron chi connectivity index (χ0n) is 12.7. The van der Waals surface area contributed by atoms with Gasteiger partial charge in [-0.05, 0) is 24.7 Å². The van der Waals surface area contributed by atoms with E-state index in [0.717, 1.165) is 11.8 Å². The van der Waals surface area contributed by atoms with Crippen molar-refractivity contribution in [1.29, 1.82) is 0 Å². The van der Waals surface area contributed by atoms with Crippen LogP contribution in [0.3, 0.4) is 0 Å². The Labute approximate surface area is 110 Å². The van der Waals surface area contributed by atoms with Crippen LogP contribution >= 0.6 is 0 Å². The molecule has 2 atom stereocenters. The summed E-state index contributed by atoms with van der Waals surface area (Å²) in [6.45, 7) is 9.32. The van der Waals surface area contributed by atoms with Gasteiger partial charge in [-0.15, -0.1) is 0 Å². The van der Waals surface area contributed by atoms with E-state index < -0.39 is 0 Å². The molecule has 2 unspecified atom stereocenters. The first-order valence-corrected chi connectivity index (χ1v) is 7.85. The van der Waals surface area contributed by atoms with Crippen LogP contribution in [0, 0.1) is 11.8 Å². The highest BCUT2D eigenvalue weighted by Crippen LogP contribution is 2.15. The summed E-state index contributed by atoms with van der Waals surface area (Å²) in [6.07, 6.45) is 17.1. The van der Waals surface area contributed by atoms with Gasteiger partial charge in [0.2, 0.25) is 0 Å². The quantitative estimate of drug-likeness (QED) is 0.290. The van der Waals surface area contributed by atoms with E-state index in [1.807, 2.05) is 0 Å². The molecule has 102 valence electrons. The number of allylic oxidation sites excluding steroid dienone is 2. The van der Waals surface area contributed by atoms with Crippen molar-refractivity contribution in [2.45, 2.75) is 85.5 Å². The fourth-order valence-corrected chi connectivity index (χ4v) is 2.31. The smallest absolute Gasteiger partial charge is 0.0325 e. The Kier molecular flexibility index (Phi) is 12.0. The molecule has 0 aliphatic rings. The molecule has 0 aliphatic carbocycles. The van der Waals surface area contributed by atoms with Gasteiger partial charge in [-0.25, -0.2) is 0 Å². The first-order chi connectivity index (χ1) is 8.20. The third-order valence-corrected chi connectivity index (χ3v) is 3.58. The SMILES string of the molecule is CCCCCCC(C)C/C=C/CC(C)CCC. The van der Waals surface area contributed by atoms with Gasteiger partial charge in [0.1, 0.15) is 0 Å². The third kappa shape index (κ3) is 12.0. The number of hydrogen-bond acceptors (Lipinski definition) is 0. The predicted molar refractivity (Wildman–Crippen MR) is 80.4 cm³/mol. The topological polar surface area (TPSA) is 0 Å². The molecule has 0 aromatic rings. The predicted octanol–water partition coefficient (Wildman–Crippen LogP) is 6.37. The van der Waals surface area contributed by atoms with Crippen molar-refractivity contribution in [3.63, 3.8) is 0 Å². The van der Waals surface area contributed by atoms with Crippen LogP contribution in [0.2, 0.25) is 0 Å². The summed E-state index contributed by atoms with van der Waals surface area (Å²) in [5, 5.41) is 0. The Morgan fingerprint density at radius 1 is 0.706 bits per heavy atom. The van der Waals surface area contributed by atoms with Crippen molar-refractivity contribution in [3.8, 4) is 0 Å². The van der Waals surface area contributed by atoms with Crippen LogP contribution in [0.1, 0.15) is 85.5 Å². The maximum Gasteiger partial charge on any atom is -0.0325 e. The minimum atomic E-state index is 0.871. The maximum absolute atomic E-state index is 2.41. The molecule has 0 nitrogen and oxygen atoms in total. The first kappa shape index (κ1) is 16.7. The summed E-state index contributed by atoms with van der Waals surface area (Å²) in [5.74, 6) is 1.75. The van der Waals surface area contributed by atoms with Gasteiger partial charge in [-0.2, -0.15) is 0 Å². The van der Waals surface area contributed by atoms with Gasteiger partial charge < -0.3 is 0 Å². The molecule has 0 saturated heterocycles. The zero-order valence-corrected chi connectivity index (χ0v) is 12.7. The normalized spacial score (nSPS) is 15.3. The van der Waals surface area contributed by atoms with E-state index >= 15 is 0 Å². The van der Waals surface area contributed by atoms with Gasteiger partial charge in [0.25, 0.3) is 0 Å². The average molecular weight is 238 g/mol. The second kappa shape index (κ2) is 12.2. The number of rotatable bonds is 11. The molecule has 0 heterocycles. The fourth-order valence-electron chi connectivity index (χ4n) is 2.31. The second-order valence-corrected chi connectivity index (χ2v) is 5.79. The third-order valence-electron chi connectivity index (χ3n) is 3.58. The summed E-state index contributed by atoms with van der Waals surface area (Å²) in [5.41, 5.74) is 0. The van der Waals surface area contributed by atoms with Crippen LogP contribution in [0.15, 0.2) is 12.2 Å². The van der Waals surface area contributed by atoms with Crippen molar-refractivity contribution in [3.05, 3.63) is 12.2 Å². The lowest BCUT2D eigenvalue weighted by molar-refractivity contribution is 0.491. The van der Waals surface area contributed by atoms with E-state index in [2.05, 4.69) is 39.8 Å². The van der Waals surface area contributed by atoms with Gasteiger partial charge in [0.15, 0.2) is 0 Å². The van der Waals surface area contributed by atoms with Gasteiger partial charge >= 0.3 is 0 Å². The van der Waals surface area contributed by atoms with Crippen molar-refractivity contribution in [2.75, 3.05) is 0 Å². The van der Waals surface area contributed by atoms with Crippen molar-refractivity contribution < 1.29 is 0 Å². The molecule has 0 aromatic carbocycles. The standard InChI is InChI=1S/C17H34/c1-5-7-8-9-13-17(4)15-11-10-14-16(3)12-6-2/h10-11,16-17H,5-9,12-15H2,1-4H3/b11-10+. The van der Waals surface area contributed by atoms with Gasteiger partial charge in [-0.3, -0.25) is 0 Å². The number of unbranched alkanes of at least 4 members (excludes halogenated alkanes) is 3. The Bertz CT molecular complexity index is 169.